The summed E-state index contributed by atoms with van der Waals surface area (Å²) in [6.45, 7) is 5.02. The average Bonchev–Trinajstić information content (AvgIpc) is 3.20. The number of carbonyl (C=O) groups excluding carboxylic acids is 2. The summed E-state index contributed by atoms with van der Waals surface area (Å²) in [5.41, 5.74) is 0.645. The Hall–Kier alpha value is -2.34. The Morgan fingerprint density at radius 1 is 1.10 bits per heavy atom. The van der Waals surface area contributed by atoms with Crippen LogP contribution in [0.2, 0.25) is 0 Å². The van der Waals surface area contributed by atoms with Gasteiger partial charge in [0.1, 0.15) is 11.7 Å². The first-order chi connectivity index (χ1) is 14.9. The Morgan fingerprint density at radius 2 is 1.71 bits per heavy atom. The average molecular weight is 425 g/mol. The fourth-order valence-corrected chi connectivity index (χ4v) is 3.71. The van der Waals surface area contributed by atoms with Gasteiger partial charge in [-0.05, 0) is 44.2 Å². The van der Waals surface area contributed by atoms with Crippen LogP contribution in [0.5, 0.6) is 0 Å². The van der Waals surface area contributed by atoms with E-state index in [1.165, 1.54) is 0 Å². The quantitative estimate of drug-likeness (QED) is 0.464. The van der Waals surface area contributed by atoms with Gasteiger partial charge in [-0.3, -0.25) is 4.79 Å². The molecule has 0 bridgehead atoms. The maximum atomic E-state index is 12.7. The maximum absolute atomic E-state index is 12.7. The molecular weight excluding hydrogens is 392 g/mol. The molecule has 166 valence electrons. The summed E-state index contributed by atoms with van der Waals surface area (Å²) < 4.78 is 17.7. The van der Waals surface area contributed by atoms with Crippen molar-refractivity contribution in [1.29, 1.82) is 0 Å². The molecule has 1 fully saturated rings. The van der Waals surface area contributed by atoms with Crippen molar-refractivity contribution in [3.8, 4) is 0 Å². The zero-order valence-electron chi connectivity index (χ0n) is 18.4. The van der Waals surface area contributed by atoms with Gasteiger partial charge in [0, 0.05) is 6.42 Å². The molecule has 2 aromatic rings. The van der Waals surface area contributed by atoms with Crippen molar-refractivity contribution in [2.45, 2.75) is 70.1 Å². The molecule has 0 amide bonds. The summed E-state index contributed by atoms with van der Waals surface area (Å²) in [5.74, 6) is 0.0168. The van der Waals surface area contributed by atoms with Crippen molar-refractivity contribution in [2.75, 3.05) is 6.61 Å². The molecule has 0 radical (unpaired) electrons. The molecule has 0 N–H and O–H groups in total. The van der Waals surface area contributed by atoms with Crippen LogP contribution in [-0.4, -0.2) is 36.0 Å². The number of hydrogen-bond acceptors (Lipinski definition) is 5. The van der Waals surface area contributed by atoms with E-state index in [-0.39, 0.29) is 12.2 Å². The maximum Gasteiger partial charge on any atom is 0.161 e. The van der Waals surface area contributed by atoms with E-state index in [4.69, 9.17) is 14.2 Å². The van der Waals surface area contributed by atoms with Crippen molar-refractivity contribution >= 4 is 12.1 Å². The molecular formula is C26H32O5. The summed E-state index contributed by atoms with van der Waals surface area (Å²) in [7, 11) is 0. The second-order valence-electron chi connectivity index (χ2n) is 8.74. The molecule has 1 saturated heterocycles. The van der Waals surface area contributed by atoms with Crippen molar-refractivity contribution in [2.24, 2.45) is 0 Å². The van der Waals surface area contributed by atoms with Gasteiger partial charge in [-0.25, -0.2) is 0 Å². The lowest BCUT2D eigenvalue weighted by Crippen LogP contribution is -2.35. The van der Waals surface area contributed by atoms with E-state index in [9.17, 15) is 9.59 Å². The Kier molecular flexibility index (Phi) is 8.13. The topological polar surface area (TPSA) is 61.8 Å². The molecule has 0 aliphatic carbocycles. The van der Waals surface area contributed by atoms with Crippen molar-refractivity contribution in [3.63, 3.8) is 0 Å². The van der Waals surface area contributed by atoms with Crippen LogP contribution in [0.4, 0.5) is 0 Å². The molecule has 5 nitrogen and oxygen atoms in total. The summed E-state index contributed by atoms with van der Waals surface area (Å²) >= 11 is 0. The Labute approximate surface area is 184 Å². The normalized spacial score (nSPS) is 22.7. The first-order valence-electron chi connectivity index (χ1n) is 10.9. The van der Waals surface area contributed by atoms with Crippen LogP contribution >= 0.6 is 0 Å². The molecule has 1 aliphatic heterocycles. The highest BCUT2D eigenvalue weighted by Crippen LogP contribution is 2.32. The zero-order chi connectivity index (χ0) is 22.2. The van der Waals surface area contributed by atoms with E-state index < -0.39 is 17.3 Å². The van der Waals surface area contributed by atoms with Crippen LogP contribution in [0.25, 0.3) is 0 Å². The van der Waals surface area contributed by atoms with Crippen molar-refractivity contribution in [3.05, 3.63) is 71.8 Å². The fourth-order valence-electron chi connectivity index (χ4n) is 3.71. The lowest BCUT2D eigenvalue weighted by Gasteiger charge is -2.26. The third kappa shape index (κ3) is 7.10. The number of Topliss-reactive ketones (excluding diaryl/α,β-unsaturated/α-hetero) is 1. The number of ether oxygens (including phenoxy) is 3. The van der Waals surface area contributed by atoms with Gasteiger partial charge in [0.25, 0.3) is 0 Å². The third-order valence-electron chi connectivity index (χ3n) is 5.77. The third-order valence-corrected chi connectivity index (χ3v) is 5.77. The van der Waals surface area contributed by atoms with Gasteiger partial charge in [-0.15, -0.1) is 0 Å². The predicted octanol–water partition coefficient (Wildman–Crippen LogP) is 4.66. The molecule has 1 heterocycles. The number of aldehydes is 1. The van der Waals surface area contributed by atoms with Crippen LogP contribution < -0.4 is 0 Å². The van der Waals surface area contributed by atoms with E-state index in [0.717, 1.165) is 23.8 Å². The smallest absolute Gasteiger partial charge is 0.161 e. The second kappa shape index (κ2) is 10.8. The fraction of sp³-hybridized carbons (Fsp3) is 0.462. The van der Waals surface area contributed by atoms with Gasteiger partial charge in [0.15, 0.2) is 12.1 Å². The monoisotopic (exact) mass is 424 g/mol. The molecule has 0 spiro atoms. The summed E-state index contributed by atoms with van der Waals surface area (Å²) in [4.78, 5) is 24.4. The van der Waals surface area contributed by atoms with Crippen LogP contribution in [0.3, 0.4) is 0 Å². The minimum atomic E-state index is -0.994. The SMILES string of the molecule is C[C@]1(COCc2ccccc2)CC[C@H](C(=O)CC[C@@](C)(C=O)OCc2ccccc2)O1. The molecule has 5 heteroatoms. The Balaban J connectivity index is 1.42. The standard InChI is InChI=1S/C26H32O5/c1-25(19-27,30-18-22-11-7-4-8-12-22)15-13-23(28)24-14-16-26(2,31-24)20-29-17-21-9-5-3-6-10-21/h3-12,19,24H,13-18,20H2,1-2H3/t24-,25+,26-/m1/s1. The van der Waals surface area contributed by atoms with Crippen LogP contribution in [0.15, 0.2) is 60.7 Å². The Morgan fingerprint density at radius 3 is 2.32 bits per heavy atom. The van der Waals surface area contributed by atoms with Crippen LogP contribution in [0, 0.1) is 0 Å². The van der Waals surface area contributed by atoms with E-state index in [1.54, 1.807) is 6.92 Å². The van der Waals surface area contributed by atoms with E-state index in [2.05, 4.69) is 0 Å². The molecule has 1 aliphatic rings. The van der Waals surface area contributed by atoms with Gasteiger partial charge in [0.05, 0.1) is 25.4 Å². The minimum Gasteiger partial charge on any atom is -0.374 e. The van der Waals surface area contributed by atoms with Crippen molar-refractivity contribution < 1.29 is 23.8 Å². The number of hydrogen-bond donors (Lipinski definition) is 0. The molecule has 3 rings (SSSR count). The second-order valence-corrected chi connectivity index (χ2v) is 8.74. The van der Waals surface area contributed by atoms with Gasteiger partial charge in [-0.2, -0.15) is 0 Å². The van der Waals surface area contributed by atoms with Gasteiger partial charge in [-0.1, -0.05) is 60.7 Å². The van der Waals surface area contributed by atoms with Gasteiger partial charge >= 0.3 is 0 Å². The van der Waals surface area contributed by atoms with Gasteiger partial charge in [0.2, 0.25) is 0 Å². The highest BCUT2D eigenvalue weighted by atomic mass is 16.6. The highest BCUT2D eigenvalue weighted by Gasteiger charge is 2.40. The number of carbonyl (C=O) groups is 2. The predicted molar refractivity (Wildman–Crippen MR) is 119 cm³/mol. The zero-order valence-corrected chi connectivity index (χ0v) is 18.4. The van der Waals surface area contributed by atoms with Gasteiger partial charge < -0.3 is 19.0 Å². The summed E-state index contributed by atoms with van der Waals surface area (Å²) in [6, 6.07) is 19.7. The van der Waals surface area contributed by atoms with Crippen molar-refractivity contribution in [1.82, 2.24) is 0 Å². The highest BCUT2D eigenvalue weighted by molar-refractivity contribution is 5.84. The molecule has 3 atom stereocenters. The van der Waals surface area contributed by atoms with E-state index >= 15 is 0 Å². The number of benzene rings is 2. The number of rotatable bonds is 12. The minimum absolute atomic E-state index is 0.0168. The molecule has 0 aromatic heterocycles. The number of ketones is 1. The Bertz CT molecular complexity index is 837. The summed E-state index contributed by atoms with van der Waals surface area (Å²) in [6.07, 6.45) is 2.37. The lowest BCUT2D eigenvalue weighted by molar-refractivity contribution is -0.142. The molecule has 2 aromatic carbocycles. The lowest BCUT2D eigenvalue weighted by atomic mass is 9.96. The molecule has 0 saturated carbocycles. The molecule has 31 heavy (non-hydrogen) atoms. The molecule has 0 unspecified atom stereocenters. The van der Waals surface area contributed by atoms with Crippen LogP contribution in [-0.2, 0) is 37.0 Å². The first-order valence-corrected chi connectivity index (χ1v) is 10.9. The van der Waals surface area contributed by atoms with E-state index in [1.807, 2.05) is 67.6 Å². The van der Waals surface area contributed by atoms with Crippen LogP contribution in [0.1, 0.15) is 50.7 Å². The largest absolute Gasteiger partial charge is 0.374 e. The van der Waals surface area contributed by atoms with E-state index in [0.29, 0.717) is 32.7 Å². The first kappa shape index (κ1) is 23.3. The summed E-state index contributed by atoms with van der Waals surface area (Å²) in [5, 5.41) is 0.